The molecule has 0 atom stereocenters. The minimum absolute atomic E-state index is 0. The SMILES string of the molecule is Cl.O=S(=O)(c1ccc(OCc2ccc(Cl)cc2)cc1)c1cc2c(cc1OCc1ccccc1)CCN(C1CCC1)CC2. The maximum absolute atomic E-state index is 14.0. The highest BCUT2D eigenvalue weighted by molar-refractivity contribution is 7.91. The lowest BCUT2D eigenvalue weighted by atomic mass is 9.91. The maximum atomic E-state index is 14.0. The number of benzene rings is 4. The van der Waals surface area contributed by atoms with Crippen molar-refractivity contribution in [1.82, 2.24) is 4.90 Å². The molecule has 6 rings (SSSR count). The van der Waals surface area contributed by atoms with Gasteiger partial charge in [-0.05, 0) is 96.5 Å². The average Bonchev–Trinajstić information content (AvgIpc) is 3.17. The summed E-state index contributed by atoms with van der Waals surface area (Å²) in [6, 6.07) is 28.4. The van der Waals surface area contributed by atoms with Crippen LogP contribution in [-0.2, 0) is 35.9 Å². The molecule has 8 heteroatoms. The predicted molar refractivity (Wildman–Crippen MR) is 169 cm³/mol. The summed E-state index contributed by atoms with van der Waals surface area (Å²) in [6.07, 6.45) is 5.57. The van der Waals surface area contributed by atoms with Crippen molar-refractivity contribution in [2.45, 2.75) is 61.2 Å². The number of fused-ring (bicyclic) bond motifs is 1. The Morgan fingerprint density at radius 1 is 0.762 bits per heavy atom. The molecule has 0 radical (unpaired) electrons. The molecular weight excluding hydrogens is 589 g/mol. The van der Waals surface area contributed by atoms with Crippen LogP contribution in [0.5, 0.6) is 11.5 Å². The first kappa shape index (κ1) is 30.4. The second-order valence-corrected chi connectivity index (χ2v) is 13.2. The Kier molecular flexibility index (Phi) is 9.79. The molecule has 1 fully saturated rings. The lowest BCUT2D eigenvalue weighted by Crippen LogP contribution is -2.41. The van der Waals surface area contributed by atoms with E-state index in [9.17, 15) is 8.42 Å². The Morgan fingerprint density at radius 2 is 1.38 bits per heavy atom. The summed E-state index contributed by atoms with van der Waals surface area (Å²) in [6.45, 7) is 2.62. The lowest BCUT2D eigenvalue weighted by Gasteiger charge is -2.36. The molecule has 1 saturated carbocycles. The van der Waals surface area contributed by atoms with E-state index in [1.165, 1.54) is 24.8 Å². The van der Waals surface area contributed by atoms with Gasteiger partial charge in [0.1, 0.15) is 29.6 Å². The van der Waals surface area contributed by atoms with Crippen molar-refractivity contribution in [2.24, 2.45) is 0 Å². The fourth-order valence-corrected chi connectivity index (χ4v) is 7.07. The van der Waals surface area contributed by atoms with Crippen LogP contribution >= 0.6 is 24.0 Å². The summed E-state index contributed by atoms with van der Waals surface area (Å²) in [5, 5.41) is 0.670. The number of rotatable bonds is 9. The Balaban J connectivity index is 0.00000353. The van der Waals surface area contributed by atoms with Crippen molar-refractivity contribution < 1.29 is 17.9 Å². The van der Waals surface area contributed by atoms with Gasteiger partial charge in [-0.15, -0.1) is 12.4 Å². The summed E-state index contributed by atoms with van der Waals surface area (Å²) in [4.78, 5) is 3.01. The summed E-state index contributed by atoms with van der Waals surface area (Å²) in [5.74, 6) is 1.00. The third-order valence-electron chi connectivity index (χ3n) is 8.17. The number of hydrogen-bond donors (Lipinski definition) is 0. The molecule has 4 aromatic rings. The van der Waals surface area contributed by atoms with E-state index in [0.717, 1.165) is 42.6 Å². The Bertz CT molecular complexity index is 1590. The molecule has 4 aromatic carbocycles. The zero-order valence-corrected chi connectivity index (χ0v) is 25.8. The van der Waals surface area contributed by atoms with Gasteiger partial charge in [0, 0.05) is 24.2 Å². The average molecular weight is 625 g/mol. The molecule has 0 amide bonds. The van der Waals surface area contributed by atoms with Gasteiger partial charge in [0.15, 0.2) is 0 Å². The van der Waals surface area contributed by atoms with E-state index in [2.05, 4.69) is 4.90 Å². The number of halogens is 2. The van der Waals surface area contributed by atoms with Gasteiger partial charge in [0.25, 0.3) is 0 Å². The van der Waals surface area contributed by atoms with E-state index < -0.39 is 9.84 Å². The van der Waals surface area contributed by atoms with E-state index in [1.807, 2.05) is 66.7 Å². The van der Waals surface area contributed by atoms with Gasteiger partial charge in [-0.2, -0.15) is 0 Å². The maximum Gasteiger partial charge on any atom is 0.210 e. The minimum Gasteiger partial charge on any atom is -0.489 e. The highest BCUT2D eigenvalue weighted by Gasteiger charge is 2.29. The Hall–Kier alpha value is -3.03. The van der Waals surface area contributed by atoms with Crippen LogP contribution in [0, 0.1) is 0 Å². The van der Waals surface area contributed by atoms with Crippen LogP contribution in [0.3, 0.4) is 0 Å². The fourth-order valence-electron chi connectivity index (χ4n) is 5.51. The van der Waals surface area contributed by atoms with Gasteiger partial charge in [-0.3, -0.25) is 4.90 Å². The van der Waals surface area contributed by atoms with Crippen LogP contribution in [-0.4, -0.2) is 32.4 Å². The zero-order valence-electron chi connectivity index (χ0n) is 23.4. The molecule has 0 N–H and O–H groups in total. The van der Waals surface area contributed by atoms with Crippen LogP contribution in [0.4, 0.5) is 0 Å². The van der Waals surface area contributed by atoms with Gasteiger partial charge >= 0.3 is 0 Å². The van der Waals surface area contributed by atoms with Crippen molar-refractivity contribution in [3.05, 3.63) is 118 Å². The van der Waals surface area contributed by atoms with E-state index in [-0.39, 0.29) is 22.2 Å². The van der Waals surface area contributed by atoms with E-state index >= 15 is 0 Å². The Labute approximate surface area is 259 Å². The van der Waals surface area contributed by atoms with E-state index in [0.29, 0.717) is 35.8 Å². The highest BCUT2D eigenvalue weighted by atomic mass is 35.5. The van der Waals surface area contributed by atoms with Crippen molar-refractivity contribution in [3.8, 4) is 11.5 Å². The smallest absolute Gasteiger partial charge is 0.210 e. The van der Waals surface area contributed by atoms with E-state index in [4.69, 9.17) is 21.1 Å². The molecule has 1 aliphatic heterocycles. The quantitative estimate of drug-likeness (QED) is 0.191. The first-order chi connectivity index (χ1) is 20.0. The van der Waals surface area contributed by atoms with Crippen LogP contribution in [0.15, 0.2) is 101 Å². The first-order valence-corrected chi connectivity index (χ1v) is 16.1. The molecule has 220 valence electrons. The van der Waals surface area contributed by atoms with Gasteiger partial charge in [0.2, 0.25) is 9.84 Å². The summed E-state index contributed by atoms with van der Waals surface area (Å²) in [7, 11) is -3.84. The summed E-state index contributed by atoms with van der Waals surface area (Å²) in [5.41, 5.74) is 4.25. The van der Waals surface area contributed by atoms with Gasteiger partial charge in [-0.25, -0.2) is 8.42 Å². The van der Waals surface area contributed by atoms with Crippen molar-refractivity contribution in [1.29, 1.82) is 0 Å². The normalized spacial score (nSPS) is 15.5. The Morgan fingerprint density at radius 3 is 2.02 bits per heavy atom. The third kappa shape index (κ3) is 6.95. The molecule has 1 aliphatic carbocycles. The molecule has 0 spiro atoms. The number of nitrogens with zero attached hydrogens (tertiary/aromatic N) is 1. The predicted octanol–water partition coefficient (Wildman–Crippen LogP) is 7.71. The lowest BCUT2D eigenvalue weighted by molar-refractivity contribution is 0.133. The third-order valence-corrected chi connectivity index (χ3v) is 10.2. The van der Waals surface area contributed by atoms with Gasteiger partial charge in [-0.1, -0.05) is 60.5 Å². The molecule has 0 saturated heterocycles. The zero-order chi connectivity index (χ0) is 28.2. The molecule has 42 heavy (non-hydrogen) atoms. The van der Waals surface area contributed by atoms with Crippen molar-refractivity contribution in [3.63, 3.8) is 0 Å². The molecular formula is C34H35Cl2NO4S. The van der Waals surface area contributed by atoms with Gasteiger partial charge < -0.3 is 9.47 Å². The van der Waals surface area contributed by atoms with Crippen molar-refractivity contribution >= 4 is 33.8 Å². The standard InChI is InChI=1S/C34H34ClNO4S.ClH/c35-29-11-9-26(10-12-29)23-39-31-13-15-32(16-14-31)41(37,38)34-22-28-18-20-36(30-7-4-8-30)19-17-27(28)21-33(34)40-24-25-5-2-1-3-6-25;/h1-3,5-6,9-16,21-22,30H,4,7-8,17-20,23-24H2;1H. The fraction of sp³-hybridized carbons (Fsp3) is 0.294. The topological polar surface area (TPSA) is 55.8 Å². The first-order valence-electron chi connectivity index (χ1n) is 14.2. The molecule has 1 heterocycles. The number of hydrogen-bond acceptors (Lipinski definition) is 5. The van der Waals surface area contributed by atoms with E-state index in [1.54, 1.807) is 24.3 Å². The number of sulfone groups is 1. The van der Waals surface area contributed by atoms with Gasteiger partial charge in [0.05, 0.1) is 4.90 Å². The largest absolute Gasteiger partial charge is 0.489 e. The summed E-state index contributed by atoms with van der Waals surface area (Å²) >= 11 is 5.97. The highest BCUT2D eigenvalue weighted by Crippen LogP contribution is 2.36. The molecule has 0 bridgehead atoms. The minimum atomic E-state index is -3.84. The summed E-state index contributed by atoms with van der Waals surface area (Å²) < 4.78 is 40.2. The van der Waals surface area contributed by atoms with Crippen LogP contribution in [0.2, 0.25) is 5.02 Å². The molecule has 0 unspecified atom stereocenters. The second kappa shape index (κ2) is 13.5. The van der Waals surface area contributed by atoms with Crippen molar-refractivity contribution in [2.75, 3.05) is 13.1 Å². The second-order valence-electron chi connectivity index (χ2n) is 10.9. The van der Waals surface area contributed by atoms with Crippen LogP contribution < -0.4 is 9.47 Å². The van der Waals surface area contributed by atoms with Crippen LogP contribution in [0.25, 0.3) is 0 Å². The molecule has 5 nitrogen and oxygen atoms in total. The molecule has 2 aliphatic rings. The monoisotopic (exact) mass is 623 g/mol. The molecule has 0 aromatic heterocycles. The van der Waals surface area contributed by atoms with Crippen LogP contribution in [0.1, 0.15) is 41.5 Å². The number of ether oxygens (including phenoxy) is 2.